The Morgan fingerprint density at radius 2 is 1.79 bits per heavy atom. The number of nitrogens with zero attached hydrogens (tertiary/aromatic N) is 2. The largest absolute Gasteiger partial charge is 0.368 e. The number of rotatable bonds is 3. The van der Waals surface area contributed by atoms with Gasteiger partial charge in [0, 0.05) is 43.0 Å². The Morgan fingerprint density at radius 1 is 1.04 bits per heavy atom. The van der Waals surface area contributed by atoms with Crippen molar-refractivity contribution in [3.8, 4) is 0 Å². The summed E-state index contributed by atoms with van der Waals surface area (Å²) in [5.74, 6) is 0.0731. The molecule has 0 bridgehead atoms. The maximum absolute atomic E-state index is 12.4. The molecule has 124 valence electrons. The fraction of sp³-hybridized carbons (Fsp3) is 0.250. The van der Waals surface area contributed by atoms with Crippen LogP contribution in [0.2, 0.25) is 5.02 Å². The number of carbonyl (C=O) groups excluding carboxylic acids is 1. The molecule has 1 saturated heterocycles. The van der Waals surface area contributed by atoms with Gasteiger partial charge in [-0.15, -0.1) is 0 Å². The number of hydrogen-bond donors (Lipinski definition) is 0. The van der Waals surface area contributed by atoms with Crippen LogP contribution in [0.1, 0.15) is 11.1 Å². The molecule has 4 heteroatoms. The van der Waals surface area contributed by atoms with E-state index in [0.29, 0.717) is 0 Å². The van der Waals surface area contributed by atoms with Crippen LogP contribution < -0.4 is 4.90 Å². The molecule has 1 amide bonds. The molecule has 3 nitrogen and oxygen atoms in total. The molecule has 24 heavy (non-hydrogen) atoms. The van der Waals surface area contributed by atoms with Crippen LogP contribution in [-0.4, -0.2) is 37.0 Å². The van der Waals surface area contributed by atoms with Gasteiger partial charge in [-0.2, -0.15) is 0 Å². The van der Waals surface area contributed by atoms with Crippen molar-refractivity contribution in [2.45, 2.75) is 6.92 Å². The first-order valence-electron chi connectivity index (χ1n) is 8.16. The quantitative estimate of drug-likeness (QED) is 0.788. The molecule has 1 heterocycles. The molecule has 1 fully saturated rings. The minimum atomic E-state index is 0.0731. The zero-order chi connectivity index (χ0) is 16.9. The van der Waals surface area contributed by atoms with Gasteiger partial charge in [0.2, 0.25) is 5.91 Å². The highest BCUT2D eigenvalue weighted by atomic mass is 35.5. The van der Waals surface area contributed by atoms with Crippen molar-refractivity contribution in [3.63, 3.8) is 0 Å². The predicted octanol–water partition coefficient (Wildman–Crippen LogP) is 4.01. The van der Waals surface area contributed by atoms with E-state index in [2.05, 4.69) is 11.0 Å². The summed E-state index contributed by atoms with van der Waals surface area (Å²) in [7, 11) is 0. The molecule has 0 spiro atoms. The van der Waals surface area contributed by atoms with Gasteiger partial charge < -0.3 is 9.80 Å². The van der Waals surface area contributed by atoms with E-state index in [9.17, 15) is 4.79 Å². The van der Waals surface area contributed by atoms with Gasteiger partial charge in [-0.3, -0.25) is 4.79 Å². The molecule has 2 aromatic rings. The number of carbonyl (C=O) groups is 1. The van der Waals surface area contributed by atoms with Crippen LogP contribution in [0.25, 0.3) is 6.08 Å². The highest BCUT2D eigenvalue weighted by molar-refractivity contribution is 6.30. The predicted molar refractivity (Wildman–Crippen MR) is 100 cm³/mol. The average molecular weight is 341 g/mol. The lowest BCUT2D eigenvalue weighted by molar-refractivity contribution is -0.126. The van der Waals surface area contributed by atoms with Crippen LogP contribution in [0.4, 0.5) is 5.69 Å². The van der Waals surface area contributed by atoms with Gasteiger partial charge in [-0.05, 0) is 42.3 Å². The van der Waals surface area contributed by atoms with E-state index in [-0.39, 0.29) is 5.91 Å². The van der Waals surface area contributed by atoms with Crippen molar-refractivity contribution in [2.24, 2.45) is 0 Å². The molecule has 0 N–H and O–H groups in total. The van der Waals surface area contributed by atoms with Crippen molar-refractivity contribution in [1.29, 1.82) is 0 Å². The summed E-state index contributed by atoms with van der Waals surface area (Å²) >= 11 is 6.06. The van der Waals surface area contributed by atoms with Crippen LogP contribution in [0.5, 0.6) is 0 Å². The minimum Gasteiger partial charge on any atom is -0.368 e. The van der Waals surface area contributed by atoms with Crippen molar-refractivity contribution in [2.75, 3.05) is 31.1 Å². The molecule has 0 atom stereocenters. The summed E-state index contributed by atoms with van der Waals surface area (Å²) < 4.78 is 0. The number of anilines is 1. The van der Waals surface area contributed by atoms with Crippen molar-refractivity contribution in [3.05, 3.63) is 70.8 Å². The molecular weight excluding hydrogens is 320 g/mol. The van der Waals surface area contributed by atoms with Gasteiger partial charge in [-0.1, -0.05) is 41.9 Å². The van der Waals surface area contributed by atoms with Gasteiger partial charge in [0.25, 0.3) is 0 Å². The Hall–Kier alpha value is -2.26. The van der Waals surface area contributed by atoms with Gasteiger partial charge in [0.1, 0.15) is 0 Å². The molecule has 2 aromatic carbocycles. The fourth-order valence-corrected chi connectivity index (χ4v) is 3.08. The van der Waals surface area contributed by atoms with Gasteiger partial charge in [0.05, 0.1) is 0 Å². The molecular formula is C20H21ClN2O. The number of benzene rings is 2. The first-order valence-corrected chi connectivity index (χ1v) is 8.54. The third kappa shape index (κ3) is 3.98. The topological polar surface area (TPSA) is 23.6 Å². The van der Waals surface area contributed by atoms with E-state index >= 15 is 0 Å². The normalized spacial score (nSPS) is 15.1. The zero-order valence-corrected chi connectivity index (χ0v) is 14.5. The molecule has 0 saturated carbocycles. The van der Waals surface area contributed by atoms with E-state index in [1.54, 1.807) is 6.08 Å². The number of amides is 1. The van der Waals surface area contributed by atoms with E-state index < -0.39 is 0 Å². The number of piperazine rings is 1. The summed E-state index contributed by atoms with van der Waals surface area (Å²) in [6.45, 7) is 5.15. The minimum absolute atomic E-state index is 0.0731. The fourth-order valence-electron chi connectivity index (χ4n) is 2.90. The average Bonchev–Trinajstić information content (AvgIpc) is 2.61. The van der Waals surface area contributed by atoms with Crippen LogP contribution in [0.3, 0.4) is 0 Å². The molecule has 0 radical (unpaired) electrons. The van der Waals surface area contributed by atoms with Gasteiger partial charge >= 0.3 is 0 Å². The molecule has 3 rings (SSSR count). The highest BCUT2D eigenvalue weighted by Gasteiger charge is 2.19. The zero-order valence-electron chi connectivity index (χ0n) is 13.8. The third-order valence-corrected chi connectivity index (χ3v) is 4.59. The number of hydrogen-bond acceptors (Lipinski definition) is 2. The summed E-state index contributed by atoms with van der Waals surface area (Å²) in [4.78, 5) is 16.5. The second kappa shape index (κ2) is 7.54. The number of halogens is 1. The second-order valence-corrected chi connectivity index (χ2v) is 6.42. The van der Waals surface area contributed by atoms with Crippen molar-refractivity contribution in [1.82, 2.24) is 4.90 Å². The lowest BCUT2D eigenvalue weighted by Crippen LogP contribution is -2.48. The summed E-state index contributed by atoms with van der Waals surface area (Å²) in [5, 5.41) is 0.743. The van der Waals surface area contributed by atoms with Crippen LogP contribution >= 0.6 is 11.6 Å². The highest BCUT2D eigenvalue weighted by Crippen LogP contribution is 2.21. The summed E-state index contributed by atoms with van der Waals surface area (Å²) in [5.41, 5.74) is 3.38. The Kier molecular flexibility index (Phi) is 5.21. The smallest absolute Gasteiger partial charge is 0.246 e. The summed E-state index contributed by atoms with van der Waals surface area (Å²) in [6, 6.07) is 15.9. The maximum Gasteiger partial charge on any atom is 0.246 e. The van der Waals surface area contributed by atoms with Crippen LogP contribution in [0.15, 0.2) is 54.6 Å². The molecule has 0 aromatic heterocycles. The SMILES string of the molecule is Cc1ccccc1/C=C/C(=O)N1CCN(c2cccc(Cl)c2)CC1. The lowest BCUT2D eigenvalue weighted by Gasteiger charge is -2.35. The van der Waals surface area contributed by atoms with Crippen molar-refractivity contribution >= 4 is 29.3 Å². The number of aryl methyl sites for hydroxylation is 1. The molecule has 1 aliphatic rings. The first kappa shape index (κ1) is 16.6. The maximum atomic E-state index is 12.4. The van der Waals surface area contributed by atoms with E-state index in [1.165, 1.54) is 5.56 Å². The molecule has 1 aliphatic heterocycles. The first-order chi connectivity index (χ1) is 11.6. The third-order valence-electron chi connectivity index (χ3n) is 4.36. The standard InChI is InChI=1S/C20H21ClN2O/c1-16-5-2-3-6-17(16)9-10-20(24)23-13-11-22(12-14-23)19-8-4-7-18(21)15-19/h2-10,15H,11-14H2,1H3/b10-9+. The van der Waals surface area contributed by atoms with Crippen molar-refractivity contribution < 1.29 is 4.79 Å². The Morgan fingerprint density at radius 3 is 2.50 bits per heavy atom. The molecule has 0 aliphatic carbocycles. The second-order valence-electron chi connectivity index (χ2n) is 5.98. The Labute approximate surface area is 148 Å². The van der Waals surface area contributed by atoms with Gasteiger partial charge in [-0.25, -0.2) is 0 Å². The Balaban J connectivity index is 1.58. The summed E-state index contributed by atoms with van der Waals surface area (Å²) in [6.07, 6.45) is 3.58. The van der Waals surface area contributed by atoms with Crippen LogP contribution in [0, 0.1) is 6.92 Å². The van der Waals surface area contributed by atoms with E-state index in [0.717, 1.165) is 42.5 Å². The monoisotopic (exact) mass is 340 g/mol. The van der Waals surface area contributed by atoms with Gasteiger partial charge in [0.15, 0.2) is 0 Å². The van der Waals surface area contributed by atoms with E-state index in [1.807, 2.05) is 60.4 Å². The van der Waals surface area contributed by atoms with E-state index in [4.69, 9.17) is 11.6 Å². The molecule has 0 unspecified atom stereocenters. The lowest BCUT2D eigenvalue weighted by atomic mass is 10.1. The van der Waals surface area contributed by atoms with Crippen LogP contribution in [-0.2, 0) is 4.79 Å². The Bertz CT molecular complexity index is 749.